The fraction of sp³-hybridized carbons (Fsp3) is 0.455. The topological polar surface area (TPSA) is 74.3 Å². The molecule has 7 heteroatoms. The number of esters is 1. The molecule has 0 aromatic heterocycles. The molecule has 0 atom stereocenters. The standard InChI is InChI=1S/C22H27NO6/c1-6-16-13-14(3)12-15(4)17(16)18-19(28-21(25)27-7-2)22(29-20(18)24)8-10-23(26-5)11-9-22/h6,12-13H,1,7-11H2,2-5H3. The Bertz CT molecular complexity index is 864. The number of rotatable bonds is 5. The molecule has 0 saturated carbocycles. The molecule has 7 nitrogen and oxygen atoms in total. The van der Waals surface area contributed by atoms with Crippen molar-refractivity contribution in [2.45, 2.75) is 39.2 Å². The average Bonchev–Trinajstić information content (AvgIpc) is 2.93. The number of hydrogen-bond donors (Lipinski definition) is 0. The zero-order chi connectivity index (χ0) is 21.2. The van der Waals surface area contributed by atoms with E-state index in [2.05, 4.69) is 6.58 Å². The highest BCUT2D eigenvalue weighted by atomic mass is 16.7. The van der Waals surface area contributed by atoms with E-state index in [9.17, 15) is 9.59 Å². The SMILES string of the molecule is C=Cc1cc(C)cc(C)c1C1=C(OC(=O)OCC)C2(CCN(OC)CC2)OC1=O. The van der Waals surface area contributed by atoms with E-state index in [0.29, 0.717) is 31.5 Å². The first-order valence-electron chi connectivity index (χ1n) is 9.71. The summed E-state index contributed by atoms with van der Waals surface area (Å²) in [5.74, 6) is -0.294. The lowest BCUT2D eigenvalue weighted by atomic mass is 9.86. The minimum Gasteiger partial charge on any atom is -0.447 e. The van der Waals surface area contributed by atoms with Crippen molar-refractivity contribution in [3.63, 3.8) is 0 Å². The molecular formula is C22H27NO6. The van der Waals surface area contributed by atoms with Gasteiger partial charge in [0.25, 0.3) is 0 Å². The van der Waals surface area contributed by atoms with Crippen LogP contribution in [-0.2, 0) is 23.8 Å². The molecule has 1 aromatic carbocycles. The van der Waals surface area contributed by atoms with Crippen LogP contribution in [0.5, 0.6) is 0 Å². The van der Waals surface area contributed by atoms with Crippen LogP contribution in [0.4, 0.5) is 4.79 Å². The summed E-state index contributed by atoms with van der Waals surface area (Å²) in [6, 6.07) is 3.92. The van der Waals surface area contributed by atoms with Crippen LogP contribution in [0.3, 0.4) is 0 Å². The first-order chi connectivity index (χ1) is 13.8. The predicted molar refractivity (Wildman–Crippen MR) is 108 cm³/mol. The van der Waals surface area contributed by atoms with E-state index < -0.39 is 17.7 Å². The van der Waals surface area contributed by atoms with Crippen molar-refractivity contribution in [2.24, 2.45) is 0 Å². The lowest BCUT2D eigenvalue weighted by Crippen LogP contribution is -2.46. The summed E-state index contributed by atoms with van der Waals surface area (Å²) in [5.41, 5.74) is 2.61. The summed E-state index contributed by atoms with van der Waals surface area (Å²) in [4.78, 5) is 30.6. The van der Waals surface area contributed by atoms with E-state index in [1.807, 2.05) is 26.0 Å². The molecule has 1 aromatic rings. The van der Waals surface area contributed by atoms with Crippen LogP contribution in [0.25, 0.3) is 11.6 Å². The van der Waals surface area contributed by atoms with Crippen molar-refractivity contribution in [3.8, 4) is 0 Å². The number of ether oxygens (including phenoxy) is 3. The van der Waals surface area contributed by atoms with Crippen molar-refractivity contribution in [2.75, 3.05) is 26.8 Å². The number of piperidine rings is 1. The Morgan fingerprint density at radius 2 is 2.00 bits per heavy atom. The smallest absolute Gasteiger partial charge is 0.447 e. The van der Waals surface area contributed by atoms with E-state index in [1.165, 1.54) is 0 Å². The molecule has 1 spiro atoms. The second kappa shape index (κ2) is 8.39. The minimum atomic E-state index is -1.02. The molecule has 2 heterocycles. The number of carbonyl (C=O) groups is 2. The van der Waals surface area contributed by atoms with Gasteiger partial charge in [0.2, 0.25) is 0 Å². The van der Waals surface area contributed by atoms with Crippen LogP contribution >= 0.6 is 0 Å². The fourth-order valence-electron chi connectivity index (χ4n) is 4.05. The first kappa shape index (κ1) is 21.1. The molecule has 0 bridgehead atoms. The van der Waals surface area contributed by atoms with Crippen LogP contribution in [0.15, 0.2) is 24.5 Å². The highest BCUT2D eigenvalue weighted by molar-refractivity contribution is 6.21. The molecule has 0 N–H and O–H groups in total. The third-order valence-corrected chi connectivity index (χ3v) is 5.35. The maximum Gasteiger partial charge on any atom is 0.513 e. The van der Waals surface area contributed by atoms with E-state index in [1.54, 1.807) is 25.2 Å². The van der Waals surface area contributed by atoms with Gasteiger partial charge in [-0.3, -0.25) is 0 Å². The largest absolute Gasteiger partial charge is 0.513 e. The summed E-state index contributed by atoms with van der Waals surface area (Å²) in [7, 11) is 1.60. The Balaban J connectivity index is 2.16. The van der Waals surface area contributed by atoms with Gasteiger partial charge in [-0.2, -0.15) is 5.06 Å². The number of carbonyl (C=O) groups excluding carboxylic acids is 2. The average molecular weight is 401 g/mol. The third kappa shape index (κ3) is 3.93. The second-order valence-electron chi connectivity index (χ2n) is 7.23. The minimum absolute atomic E-state index is 0.169. The maximum absolute atomic E-state index is 13.1. The van der Waals surface area contributed by atoms with E-state index in [4.69, 9.17) is 19.0 Å². The van der Waals surface area contributed by atoms with Gasteiger partial charge in [0.15, 0.2) is 11.4 Å². The van der Waals surface area contributed by atoms with Crippen molar-refractivity contribution < 1.29 is 28.6 Å². The van der Waals surface area contributed by atoms with Crippen LogP contribution in [-0.4, -0.2) is 49.6 Å². The fourth-order valence-corrected chi connectivity index (χ4v) is 4.05. The third-order valence-electron chi connectivity index (χ3n) is 5.35. The Morgan fingerprint density at radius 3 is 2.59 bits per heavy atom. The summed E-state index contributed by atoms with van der Waals surface area (Å²) < 4.78 is 16.5. The van der Waals surface area contributed by atoms with Gasteiger partial charge in [-0.1, -0.05) is 30.4 Å². The first-order valence-corrected chi connectivity index (χ1v) is 9.71. The van der Waals surface area contributed by atoms with Gasteiger partial charge in [0.1, 0.15) is 5.57 Å². The normalized spacial score (nSPS) is 18.7. The number of hydrogen-bond acceptors (Lipinski definition) is 7. The van der Waals surface area contributed by atoms with E-state index >= 15 is 0 Å². The number of aryl methyl sites for hydroxylation is 2. The molecule has 29 heavy (non-hydrogen) atoms. The molecule has 0 amide bonds. The van der Waals surface area contributed by atoms with Crippen LogP contribution in [0.2, 0.25) is 0 Å². The highest BCUT2D eigenvalue weighted by Crippen LogP contribution is 2.46. The molecule has 1 saturated heterocycles. The van der Waals surface area contributed by atoms with Crippen molar-refractivity contribution in [1.29, 1.82) is 0 Å². The van der Waals surface area contributed by atoms with Gasteiger partial charge in [-0.05, 0) is 31.9 Å². The molecule has 156 valence electrons. The Labute approximate surface area is 170 Å². The molecular weight excluding hydrogens is 374 g/mol. The maximum atomic E-state index is 13.1. The van der Waals surface area contributed by atoms with Gasteiger partial charge < -0.3 is 19.0 Å². The van der Waals surface area contributed by atoms with Crippen LogP contribution in [0, 0.1) is 13.8 Å². The molecule has 2 aliphatic heterocycles. The molecule has 1 fully saturated rings. The second-order valence-corrected chi connectivity index (χ2v) is 7.23. The van der Waals surface area contributed by atoms with Crippen molar-refractivity contribution in [3.05, 3.63) is 46.7 Å². The quantitative estimate of drug-likeness (QED) is 0.695. The number of nitrogens with zero attached hydrogens (tertiary/aromatic N) is 1. The summed E-state index contributed by atoms with van der Waals surface area (Å²) in [5, 5.41) is 1.78. The Kier molecular flexibility index (Phi) is 6.10. The van der Waals surface area contributed by atoms with Crippen molar-refractivity contribution >= 4 is 23.8 Å². The number of benzene rings is 1. The van der Waals surface area contributed by atoms with Crippen molar-refractivity contribution in [1.82, 2.24) is 5.06 Å². The zero-order valence-electron chi connectivity index (χ0n) is 17.4. The van der Waals surface area contributed by atoms with Gasteiger partial charge in [0.05, 0.1) is 13.7 Å². The van der Waals surface area contributed by atoms with Crippen LogP contribution < -0.4 is 0 Å². The van der Waals surface area contributed by atoms with Gasteiger partial charge in [-0.15, -0.1) is 0 Å². The lowest BCUT2D eigenvalue weighted by Gasteiger charge is -2.37. The molecule has 3 rings (SSSR count). The zero-order valence-corrected chi connectivity index (χ0v) is 17.4. The Morgan fingerprint density at radius 1 is 1.31 bits per heavy atom. The van der Waals surface area contributed by atoms with E-state index in [-0.39, 0.29) is 17.9 Å². The van der Waals surface area contributed by atoms with Gasteiger partial charge in [0, 0.05) is 31.5 Å². The molecule has 0 unspecified atom stereocenters. The molecule has 2 aliphatic rings. The van der Waals surface area contributed by atoms with Gasteiger partial charge in [-0.25, -0.2) is 9.59 Å². The molecule has 0 aliphatic carbocycles. The van der Waals surface area contributed by atoms with Gasteiger partial charge >= 0.3 is 12.1 Å². The lowest BCUT2D eigenvalue weighted by molar-refractivity contribution is -0.183. The highest BCUT2D eigenvalue weighted by Gasteiger charge is 2.53. The molecule has 0 radical (unpaired) electrons. The van der Waals surface area contributed by atoms with E-state index in [0.717, 1.165) is 16.7 Å². The summed E-state index contributed by atoms with van der Waals surface area (Å²) in [6.07, 6.45) is 1.73. The summed E-state index contributed by atoms with van der Waals surface area (Å²) >= 11 is 0. The Hall–Kier alpha value is -2.64. The monoisotopic (exact) mass is 401 g/mol. The number of hydroxylamine groups is 2. The summed E-state index contributed by atoms with van der Waals surface area (Å²) in [6.45, 7) is 10.7. The van der Waals surface area contributed by atoms with Crippen LogP contribution in [0.1, 0.15) is 42.0 Å². The predicted octanol–water partition coefficient (Wildman–Crippen LogP) is 3.78.